The van der Waals surface area contributed by atoms with E-state index in [2.05, 4.69) is 217 Å². The van der Waals surface area contributed by atoms with Crippen LogP contribution in [0, 0.1) is 0 Å². The molecule has 0 atom stereocenters. The number of nitrogens with zero attached hydrogens (tertiary/aromatic N) is 1. The summed E-state index contributed by atoms with van der Waals surface area (Å²) in [5, 5.41) is 9.60. The van der Waals surface area contributed by atoms with Crippen molar-refractivity contribution in [2.24, 2.45) is 0 Å². The maximum Gasteiger partial charge on any atom is 0.159 e. The number of rotatable bonds is 6. The molecule has 1 heterocycles. The third-order valence-electron chi connectivity index (χ3n) is 11.2. The Morgan fingerprint density at radius 2 is 0.911 bits per heavy atom. The molecule has 56 heavy (non-hydrogen) atoms. The molecule has 0 fully saturated rings. The van der Waals surface area contributed by atoms with Crippen LogP contribution >= 0.6 is 0 Å². The van der Waals surface area contributed by atoms with Gasteiger partial charge in [-0.3, -0.25) is 0 Å². The number of para-hydroxylation sites is 1. The van der Waals surface area contributed by atoms with Crippen molar-refractivity contribution in [1.29, 1.82) is 0 Å². The summed E-state index contributed by atoms with van der Waals surface area (Å²) >= 11 is 0. The third kappa shape index (κ3) is 5.34. The molecule has 262 valence electrons. The molecule has 0 saturated carbocycles. The van der Waals surface area contributed by atoms with E-state index in [9.17, 15) is 0 Å². The lowest BCUT2D eigenvalue weighted by Crippen LogP contribution is -2.10. The average Bonchev–Trinajstić information content (AvgIpc) is 3.64. The Hall–Kier alpha value is -7.42. The number of fused-ring (bicyclic) bond motifs is 7. The van der Waals surface area contributed by atoms with Gasteiger partial charge in [0.05, 0.1) is 5.69 Å². The highest BCUT2D eigenvalue weighted by Crippen LogP contribution is 2.45. The maximum atomic E-state index is 6.83. The van der Waals surface area contributed by atoms with E-state index >= 15 is 0 Å². The lowest BCUT2D eigenvalue weighted by Gasteiger charge is -2.26. The Bertz CT molecular complexity index is 3250. The van der Waals surface area contributed by atoms with Crippen LogP contribution in [0.1, 0.15) is 0 Å². The van der Waals surface area contributed by atoms with Gasteiger partial charge in [0.25, 0.3) is 0 Å². The van der Waals surface area contributed by atoms with E-state index in [-0.39, 0.29) is 0 Å². The summed E-state index contributed by atoms with van der Waals surface area (Å²) in [5.74, 6) is 0. The molecular formula is C54H35NO. The highest BCUT2D eigenvalue weighted by molar-refractivity contribution is 6.16. The second-order valence-corrected chi connectivity index (χ2v) is 14.5. The number of furan rings is 1. The number of hydrogen-bond donors (Lipinski definition) is 0. The zero-order valence-corrected chi connectivity index (χ0v) is 30.6. The summed E-state index contributed by atoms with van der Waals surface area (Å²) in [6.45, 7) is 0. The Morgan fingerprint density at radius 3 is 1.73 bits per heavy atom. The molecule has 2 nitrogen and oxygen atoms in total. The molecule has 0 unspecified atom stereocenters. The first-order chi connectivity index (χ1) is 27.8. The van der Waals surface area contributed by atoms with Gasteiger partial charge in [-0.05, 0) is 114 Å². The van der Waals surface area contributed by atoms with Gasteiger partial charge in [-0.15, -0.1) is 0 Å². The van der Waals surface area contributed by atoms with Crippen LogP contribution in [0.15, 0.2) is 217 Å². The van der Waals surface area contributed by atoms with Crippen molar-refractivity contribution < 1.29 is 4.42 Å². The Kier molecular flexibility index (Phi) is 7.53. The van der Waals surface area contributed by atoms with Gasteiger partial charge < -0.3 is 9.32 Å². The van der Waals surface area contributed by atoms with Gasteiger partial charge in [-0.1, -0.05) is 164 Å². The summed E-state index contributed by atoms with van der Waals surface area (Å²) in [7, 11) is 0. The van der Waals surface area contributed by atoms with Crippen molar-refractivity contribution in [2.75, 3.05) is 4.90 Å². The molecule has 0 aliphatic heterocycles. The fourth-order valence-corrected chi connectivity index (χ4v) is 8.56. The molecule has 0 aliphatic carbocycles. The molecule has 0 aliphatic rings. The van der Waals surface area contributed by atoms with E-state index in [1.165, 1.54) is 60.1 Å². The third-order valence-corrected chi connectivity index (χ3v) is 11.2. The SMILES string of the molecule is c1ccc(-c2ccc(N(c3cccc(-c4ccccc4-c4cc5ccccc5c5ccccc45)c3)c3cccc4c3oc3cc5ccccc5cc34)cc2)cc1. The lowest BCUT2D eigenvalue weighted by atomic mass is 9.89. The molecule has 2 heteroatoms. The Balaban J connectivity index is 1.11. The van der Waals surface area contributed by atoms with Crippen LogP contribution < -0.4 is 4.90 Å². The minimum absolute atomic E-state index is 0.860. The lowest BCUT2D eigenvalue weighted by molar-refractivity contribution is 0.669. The van der Waals surface area contributed by atoms with Crippen molar-refractivity contribution in [3.63, 3.8) is 0 Å². The largest absolute Gasteiger partial charge is 0.454 e. The number of benzene rings is 10. The van der Waals surface area contributed by atoms with Crippen LogP contribution in [0.4, 0.5) is 17.1 Å². The van der Waals surface area contributed by atoms with Crippen LogP contribution in [0.3, 0.4) is 0 Å². The molecule has 0 saturated heterocycles. The van der Waals surface area contributed by atoms with E-state index in [0.29, 0.717) is 0 Å². The second kappa shape index (κ2) is 13.2. The predicted molar refractivity (Wildman–Crippen MR) is 237 cm³/mol. The van der Waals surface area contributed by atoms with Crippen molar-refractivity contribution in [3.05, 3.63) is 212 Å². The molecule has 0 bridgehead atoms. The van der Waals surface area contributed by atoms with Gasteiger partial charge >= 0.3 is 0 Å². The van der Waals surface area contributed by atoms with E-state index < -0.39 is 0 Å². The monoisotopic (exact) mass is 713 g/mol. The van der Waals surface area contributed by atoms with Crippen molar-refractivity contribution in [1.82, 2.24) is 0 Å². The number of anilines is 3. The minimum atomic E-state index is 0.860. The molecular weight excluding hydrogens is 679 g/mol. The molecule has 0 spiro atoms. The van der Waals surface area contributed by atoms with Crippen LogP contribution in [-0.2, 0) is 0 Å². The first-order valence-electron chi connectivity index (χ1n) is 19.2. The average molecular weight is 714 g/mol. The normalized spacial score (nSPS) is 11.6. The Morgan fingerprint density at radius 1 is 0.304 bits per heavy atom. The minimum Gasteiger partial charge on any atom is -0.454 e. The van der Waals surface area contributed by atoms with Crippen LogP contribution in [-0.4, -0.2) is 0 Å². The topological polar surface area (TPSA) is 16.4 Å². The van der Waals surface area contributed by atoms with Gasteiger partial charge in [0.1, 0.15) is 5.58 Å². The highest BCUT2D eigenvalue weighted by atomic mass is 16.3. The number of hydrogen-bond acceptors (Lipinski definition) is 2. The van der Waals surface area contributed by atoms with Gasteiger partial charge in [0.2, 0.25) is 0 Å². The summed E-state index contributed by atoms with van der Waals surface area (Å²) in [6.07, 6.45) is 0. The van der Waals surface area contributed by atoms with Gasteiger partial charge in [0.15, 0.2) is 5.58 Å². The first kappa shape index (κ1) is 32.0. The molecule has 11 rings (SSSR count). The molecule has 0 radical (unpaired) electrons. The van der Waals surface area contributed by atoms with Gasteiger partial charge in [0, 0.05) is 22.1 Å². The molecule has 10 aromatic carbocycles. The van der Waals surface area contributed by atoms with E-state index in [1.807, 2.05) is 0 Å². The summed E-state index contributed by atoms with van der Waals surface area (Å²) in [4.78, 5) is 2.34. The van der Waals surface area contributed by atoms with Crippen LogP contribution in [0.25, 0.3) is 87.6 Å². The van der Waals surface area contributed by atoms with Crippen LogP contribution in [0.5, 0.6) is 0 Å². The summed E-state index contributed by atoms with van der Waals surface area (Å²) in [6, 6.07) is 76.4. The second-order valence-electron chi connectivity index (χ2n) is 14.5. The fourth-order valence-electron chi connectivity index (χ4n) is 8.56. The summed E-state index contributed by atoms with van der Waals surface area (Å²) < 4.78 is 6.83. The fraction of sp³-hybridized carbons (Fsp3) is 0. The van der Waals surface area contributed by atoms with Crippen LogP contribution in [0.2, 0.25) is 0 Å². The zero-order valence-electron chi connectivity index (χ0n) is 30.6. The molecule has 11 aromatic rings. The van der Waals surface area contributed by atoms with Crippen molar-refractivity contribution in [2.45, 2.75) is 0 Å². The molecule has 1 aromatic heterocycles. The van der Waals surface area contributed by atoms with E-state index in [0.717, 1.165) is 44.6 Å². The van der Waals surface area contributed by atoms with Crippen molar-refractivity contribution >= 4 is 71.3 Å². The quantitative estimate of drug-likeness (QED) is 0.160. The molecule has 0 N–H and O–H groups in total. The summed E-state index contributed by atoms with van der Waals surface area (Å²) in [5.41, 5.74) is 12.0. The van der Waals surface area contributed by atoms with E-state index in [1.54, 1.807) is 0 Å². The van der Waals surface area contributed by atoms with Gasteiger partial charge in [-0.25, -0.2) is 0 Å². The van der Waals surface area contributed by atoms with E-state index in [4.69, 9.17) is 4.42 Å². The highest BCUT2D eigenvalue weighted by Gasteiger charge is 2.21. The first-order valence-corrected chi connectivity index (χ1v) is 19.2. The Labute approximate surface area is 325 Å². The standard InChI is InChI=1S/C54H35NO/c1-2-14-36(15-3-1)37-28-30-42(31-29-37)55(52-27-13-26-49-51-33-38-16-4-5-17-39(38)35-53(51)56-54(49)52)43-20-12-19-40(32-43)44-22-8-9-24-47(44)50-34-41-18-6-7-21-45(41)46-23-10-11-25-48(46)50/h1-35H. The maximum absolute atomic E-state index is 6.83. The van der Waals surface area contributed by atoms with Gasteiger partial charge in [-0.2, -0.15) is 0 Å². The smallest absolute Gasteiger partial charge is 0.159 e. The van der Waals surface area contributed by atoms with Crippen molar-refractivity contribution in [3.8, 4) is 33.4 Å². The molecule has 0 amide bonds. The predicted octanol–water partition coefficient (Wildman–Crippen LogP) is 15.5. The zero-order chi connectivity index (χ0) is 37.0.